The van der Waals surface area contributed by atoms with E-state index in [4.69, 9.17) is 4.74 Å². The van der Waals surface area contributed by atoms with Crippen LogP contribution in [-0.4, -0.2) is 72.3 Å². The van der Waals surface area contributed by atoms with Gasteiger partial charge in [-0.2, -0.15) is 4.98 Å². The van der Waals surface area contributed by atoms with E-state index >= 15 is 0 Å². The molecule has 11 heteroatoms. The highest BCUT2D eigenvalue weighted by Crippen LogP contribution is 2.33. The highest BCUT2D eigenvalue weighted by atomic mass is 32.2. The molecule has 1 aliphatic carbocycles. The van der Waals surface area contributed by atoms with Crippen LogP contribution in [0.3, 0.4) is 0 Å². The van der Waals surface area contributed by atoms with E-state index in [2.05, 4.69) is 25.2 Å². The summed E-state index contributed by atoms with van der Waals surface area (Å²) in [6.45, 7) is 4.93. The predicted molar refractivity (Wildman–Crippen MR) is 114 cm³/mol. The minimum Gasteiger partial charge on any atom is -0.477 e. The fourth-order valence-electron chi connectivity index (χ4n) is 3.43. The summed E-state index contributed by atoms with van der Waals surface area (Å²) >= 11 is 0. The number of piperazine rings is 1. The molecule has 2 amide bonds. The van der Waals surface area contributed by atoms with Crippen molar-refractivity contribution in [2.45, 2.75) is 36.5 Å². The van der Waals surface area contributed by atoms with Gasteiger partial charge >= 0.3 is 6.03 Å². The Kier molecular flexibility index (Phi) is 6.21. The molecule has 3 heterocycles. The van der Waals surface area contributed by atoms with Crippen LogP contribution in [-0.2, 0) is 16.4 Å². The van der Waals surface area contributed by atoms with E-state index in [-0.39, 0.29) is 22.7 Å². The molecule has 2 aromatic heterocycles. The topological polar surface area (TPSA) is 118 Å². The number of sulfone groups is 1. The molecule has 0 unspecified atom stereocenters. The van der Waals surface area contributed by atoms with Gasteiger partial charge in [-0.05, 0) is 31.9 Å². The first kappa shape index (κ1) is 21.3. The maximum Gasteiger partial charge on any atom is 0.317 e. The Labute approximate surface area is 181 Å². The van der Waals surface area contributed by atoms with Crippen molar-refractivity contribution in [2.75, 3.05) is 37.7 Å². The zero-order chi connectivity index (χ0) is 21.8. The molecule has 0 atom stereocenters. The molecule has 1 saturated carbocycles. The second kappa shape index (κ2) is 9.04. The predicted octanol–water partition coefficient (Wildman–Crippen LogP) is 1.24. The number of rotatable bonds is 7. The second-order valence-corrected chi connectivity index (χ2v) is 9.74. The van der Waals surface area contributed by atoms with Gasteiger partial charge in [-0.25, -0.2) is 13.2 Å². The van der Waals surface area contributed by atoms with Crippen LogP contribution < -0.4 is 15.0 Å². The van der Waals surface area contributed by atoms with Crippen LogP contribution in [0.5, 0.6) is 5.88 Å². The molecule has 2 fully saturated rings. The molecule has 10 nitrogen and oxygen atoms in total. The number of amides is 2. The van der Waals surface area contributed by atoms with Gasteiger partial charge in [0.15, 0.2) is 15.7 Å². The molecule has 0 spiro atoms. The van der Waals surface area contributed by atoms with Crippen molar-refractivity contribution in [2.24, 2.45) is 0 Å². The number of pyridine rings is 1. The van der Waals surface area contributed by atoms with Crippen molar-refractivity contribution in [3.8, 4) is 5.88 Å². The number of nitrogens with one attached hydrogen (secondary N) is 1. The van der Waals surface area contributed by atoms with Crippen LogP contribution >= 0.6 is 0 Å². The summed E-state index contributed by atoms with van der Waals surface area (Å²) in [7, 11) is -3.28. The first-order valence-electron chi connectivity index (χ1n) is 10.4. The largest absolute Gasteiger partial charge is 0.477 e. The van der Waals surface area contributed by atoms with Crippen LogP contribution in [0.15, 0.2) is 35.6 Å². The maximum absolute atomic E-state index is 12.6. The first-order valence-corrected chi connectivity index (χ1v) is 11.9. The zero-order valence-corrected chi connectivity index (χ0v) is 18.2. The van der Waals surface area contributed by atoms with Crippen molar-refractivity contribution >= 4 is 21.7 Å². The van der Waals surface area contributed by atoms with E-state index in [1.54, 1.807) is 23.4 Å². The molecule has 1 N–H and O–H groups in total. The Morgan fingerprint density at radius 3 is 2.71 bits per heavy atom. The number of ether oxygens (including phenoxy) is 1. The Morgan fingerprint density at radius 2 is 2.00 bits per heavy atom. The molecule has 0 aromatic carbocycles. The third kappa shape index (κ3) is 5.04. The number of aromatic nitrogens is 3. The van der Waals surface area contributed by atoms with Crippen molar-refractivity contribution in [3.63, 3.8) is 0 Å². The monoisotopic (exact) mass is 446 g/mol. The highest BCUT2D eigenvalue weighted by Gasteiger charge is 2.37. The van der Waals surface area contributed by atoms with E-state index in [1.807, 2.05) is 6.92 Å². The molecular weight excluding hydrogens is 420 g/mol. The molecule has 1 aliphatic heterocycles. The molecule has 0 radical (unpaired) electrons. The van der Waals surface area contributed by atoms with Crippen LogP contribution in [0.4, 0.5) is 10.6 Å². The van der Waals surface area contributed by atoms with Gasteiger partial charge in [-0.1, -0.05) is 0 Å². The molecule has 166 valence electrons. The van der Waals surface area contributed by atoms with Gasteiger partial charge in [0.2, 0.25) is 5.88 Å². The lowest BCUT2D eigenvalue weighted by molar-refractivity contribution is 0.193. The molecule has 4 rings (SSSR count). The van der Waals surface area contributed by atoms with Gasteiger partial charge in [0, 0.05) is 32.4 Å². The number of anilines is 1. The fourth-order valence-corrected chi connectivity index (χ4v) is 5.12. The first-order chi connectivity index (χ1) is 15.0. The highest BCUT2D eigenvalue weighted by molar-refractivity contribution is 7.92. The van der Waals surface area contributed by atoms with Crippen LogP contribution in [0.2, 0.25) is 0 Å². The fraction of sp³-hybridized carbons (Fsp3) is 0.500. The smallest absolute Gasteiger partial charge is 0.317 e. The summed E-state index contributed by atoms with van der Waals surface area (Å²) in [5, 5.41) is 2.57. The summed E-state index contributed by atoms with van der Waals surface area (Å²) < 4.78 is 30.2. The van der Waals surface area contributed by atoms with E-state index in [0.29, 0.717) is 57.2 Å². The summed E-state index contributed by atoms with van der Waals surface area (Å²) in [5.74, 6) is 1.21. The van der Waals surface area contributed by atoms with Crippen LogP contribution in [0.1, 0.15) is 25.5 Å². The average Bonchev–Trinajstić information content (AvgIpc) is 3.64. The van der Waals surface area contributed by atoms with Crippen LogP contribution in [0, 0.1) is 0 Å². The van der Waals surface area contributed by atoms with Gasteiger partial charge in [0.25, 0.3) is 0 Å². The summed E-state index contributed by atoms with van der Waals surface area (Å²) in [5.41, 5.74) is 0.525. The van der Waals surface area contributed by atoms with Crippen molar-refractivity contribution < 1.29 is 17.9 Å². The Hall–Kier alpha value is -2.95. The summed E-state index contributed by atoms with van der Waals surface area (Å²) in [4.78, 5) is 29.4. The van der Waals surface area contributed by atoms with E-state index < -0.39 is 9.84 Å². The third-order valence-corrected chi connectivity index (χ3v) is 7.54. The maximum atomic E-state index is 12.6. The van der Waals surface area contributed by atoms with E-state index in [0.717, 1.165) is 5.82 Å². The quantitative estimate of drug-likeness (QED) is 0.675. The summed E-state index contributed by atoms with van der Waals surface area (Å²) in [6.07, 6.45) is 6.17. The van der Waals surface area contributed by atoms with Gasteiger partial charge in [0.1, 0.15) is 0 Å². The number of nitrogens with zero attached hydrogens (tertiary/aromatic N) is 5. The minimum absolute atomic E-state index is 0.176. The molecule has 2 aromatic rings. The number of carbonyl (C=O) groups excluding carboxylic acids is 1. The molecular formula is C20H26N6O4S. The minimum atomic E-state index is -3.28. The van der Waals surface area contributed by atoms with Gasteiger partial charge in [0.05, 0.1) is 41.4 Å². The standard InChI is InChI=1S/C20H26N6O4S/c1-2-30-19-14-21-13-18(24-19)25-7-9-26(10-8-25)20(27)23-12-15-11-17(5-6-22-15)31(28,29)16-3-4-16/h5-6,11,13-14,16H,2-4,7-10,12H2,1H3,(H,23,27). The van der Waals surface area contributed by atoms with Crippen molar-refractivity contribution in [1.29, 1.82) is 0 Å². The lowest BCUT2D eigenvalue weighted by Gasteiger charge is -2.35. The number of hydrogen-bond donors (Lipinski definition) is 1. The lowest BCUT2D eigenvalue weighted by atomic mass is 10.3. The zero-order valence-electron chi connectivity index (χ0n) is 17.4. The molecule has 2 aliphatic rings. The Balaban J connectivity index is 1.29. The van der Waals surface area contributed by atoms with Crippen LogP contribution in [0.25, 0.3) is 0 Å². The van der Waals surface area contributed by atoms with E-state index in [1.165, 1.54) is 12.3 Å². The van der Waals surface area contributed by atoms with Crippen molar-refractivity contribution in [1.82, 2.24) is 25.2 Å². The average molecular weight is 447 g/mol. The van der Waals surface area contributed by atoms with Crippen molar-refractivity contribution in [3.05, 3.63) is 36.4 Å². The Bertz CT molecular complexity index is 1040. The third-order valence-electron chi connectivity index (χ3n) is 5.28. The van der Waals surface area contributed by atoms with E-state index in [9.17, 15) is 13.2 Å². The SMILES string of the molecule is CCOc1cncc(N2CCN(C(=O)NCc3cc(S(=O)(=O)C4CC4)ccn3)CC2)n1. The Morgan fingerprint density at radius 1 is 1.23 bits per heavy atom. The number of urea groups is 1. The molecule has 1 saturated heterocycles. The normalized spacial score (nSPS) is 16.8. The van der Waals surface area contributed by atoms with Gasteiger partial charge < -0.3 is 19.9 Å². The lowest BCUT2D eigenvalue weighted by Crippen LogP contribution is -2.52. The van der Waals surface area contributed by atoms with Gasteiger partial charge in [-0.3, -0.25) is 9.97 Å². The van der Waals surface area contributed by atoms with Gasteiger partial charge in [-0.15, -0.1) is 0 Å². The number of carbonyl (C=O) groups is 1. The molecule has 31 heavy (non-hydrogen) atoms. The number of hydrogen-bond acceptors (Lipinski definition) is 8. The summed E-state index contributed by atoms with van der Waals surface area (Å²) in [6, 6.07) is 2.86. The second-order valence-electron chi connectivity index (χ2n) is 7.51. The molecule has 0 bridgehead atoms.